The highest BCUT2D eigenvalue weighted by Gasteiger charge is 2.25. The summed E-state index contributed by atoms with van der Waals surface area (Å²) in [6, 6.07) is 7.85. The number of hydrogen-bond donors (Lipinski definition) is 2. The van der Waals surface area contributed by atoms with Crippen LogP contribution in [0, 0.1) is 12.8 Å². The first-order valence-electron chi connectivity index (χ1n) is 7.87. The summed E-state index contributed by atoms with van der Waals surface area (Å²) in [6.45, 7) is 3.43. The fourth-order valence-corrected chi connectivity index (χ4v) is 3.12. The number of aromatic nitrogens is 2. The molecule has 3 rings (SSSR count). The molecule has 1 saturated heterocycles. The van der Waals surface area contributed by atoms with Crippen molar-refractivity contribution in [1.82, 2.24) is 9.97 Å². The van der Waals surface area contributed by atoms with Gasteiger partial charge in [0, 0.05) is 29.4 Å². The molecule has 24 heavy (non-hydrogen) atoms. The summed E-state index contributed by atoms with van der Waals surface area (Å²) in [5.41, 5.74) is 2.07. The number of anilines is 3. The van der Waals surface area contributed by atoms with Gasteiger partial charge in [-0.1, -0.05) is 22.0 Å². The van der Waals surface area contributed by atoms with E-state index in [0.717, 1.165) is 21.5 Å². The lowest BCUT2D eigenvalue weighted by Gasteiger charge is -2.31. The molecular weight excluding hydrogens is 372 g/mol. The second kappa shape index (κ2) is 7.17. The third kappa shape index (κ3) is 3.84. The SMILES string of the molecule is Cc1ccc(Nc2nccc(N3CCC(C(=O)O)CC3)n2)cc1Br. The van der Waals surface area contributed by atoms with E-state index in [0.29, 0.717) is 31.9 Å². The van der Waals surface area contributed by atoms with Crippen LogP contribution in [0.5, 0.6) is 0 Å². The van der Waals surface area contributed by atoms with Crippen LogP contribution in [0.4, 0.5) is 17.5 Å². The van der Waals surface area contributed by atoms with Crippen molar-refractivity contribution < 1.29 is 9.90 Å². The molecule has 0 amide bonds. The fourth-order valence-electron chi connectivity index (χ4n) is 2.74. The van der Waals surface area contributed by atoms with Gasteiger partial charge in [0.15, 0.2) is 0 Å². The molecule has 0 atom stereocenters. The second-order valence-corrected chi connectivity index (χ2v) is 6.78. The van der Waals surface area contributed by atoms with E-state index in [-0.39, 0.29) is 5.92 Å². The van der Waals surface area contributed by atoms with Gasteiger partial charge in [0.2, 0.25) is 5.95 Å². The molecule has 0 unspecified atom stereocenters. The van der Waals surface area contributed by atoms with Crippen molar-refractivity contribution in [3.63, 3.8) is 0 Å². The molecule has 126 valence electrons. The number of carboxylic acid groups (broad SMARTS) is 1. The quantitative estimate of drug-likeness (QED) is 0.830. The zero-order valence-corrected chi connectivity index (χ0v) is 15.0. The number of aryl methyl sites for hydroxylation is 1. The van der Waals surface area contributed by atoms with Gasteiger partial charge in [-0.15, -0.1) is 0 Å². The Kier molecular flexibility index (Phi) is 4.99. The molecule has 0 bridgehead atoms. The molecule has 6 nitrogen and oxygen atoms in total. The number of aliphatic carboxylic acids is 1. The maximum absolute atomic E-state index is 11.0. The summed E-state index contributed by atoms with van der Waals surface area (Å²) >= 11 is 3.52. The number of benzene rings is 1. The number of hydrogen-bond acceptors (Lipinski definition) is 5. The van der Waals surface area contributed by atoms with E-state index < -0.39 is 5.97 Å². The Morgan fingerprint density at radius 1 is 1.33 bits per heavy atom. The van der Waals surface area contributed by atoms with Crippen LogP contribution >= 0.6 is 15.9 Å². The summed E-state index contributed by atoms with van der Waals surface area (Å²) < 4.78 is 1.03. The number of carbonyl (C=O) groups is 1. The Morgan fingerprint density at radius 3 is 2.75 bits per heavy atom. The maximum Gasteiger partial charge on any atom is 0.306 e. The minimum absolute atomic E-state index is 0.245. The van der Waals surface area contributed by atoms with Crippen LogP contribution in [-0.2, 0) is 4.79 Å². The minimum Gasteiger partial charge on any atom is -0.481 e. The van der Waals surface area contributed by atoms with Crippen molar-refractivity contribution >= 4 is 39.4 Å². The van der Waals surface area contributed by atoms with Crippen LogP contribution in [0.1, 0.15) is 18.4 Å². The van der Waals surface area contributed by atoms with Crippen molar-refractivity contribution in [2.45, 2.75) is 19.8 Å². The van der Waals surface area contributed by atoms with E-state index in [4.69, 9.17) is 5.11 Å². The van der Waals surface area contributed by atoms with Gasteiger partial charge in [0.1, 0.15) is 5.82 Å². The van der Waals surface area contributed by atoms with Crippen LogP contribution in [0.3, 0.4) is 0 Å². The summed E-state index contributed by atoms with van der Waals surface area (Å²) in [7, 11) is 0. The highest BCUT2D eigenvalue weighted by atomic mass is 79.9. The second-order valence-electron chi connectivity index (χ2n) is 5.93. The summed E-state index contributed by atoms with van der Waals surface area (Å²) in [5.74, 6) is 0.404. The average molecular weight is 391 g/mol. The van der Waals surface area contributed by atoms with Gasteiger partial charge >= 0.3 is 5.97 Å². The predicted molar refractivity (Wildman–Crippen MR) is 96.8 cm³/mol. The largest absolute Gasteiger partial charge is 0.481 e. The number of nitrogens with one attached hydrogen (secondary N) is 1. The van der Waals surface area contributed by atoms with Gasteiger partial charge in [-0.3, -0.25) is 4.79 Å². The zero-order valence-electron chi connectivity index (χ0n) is 13.4. The molecule has 1 aromatic heterocycles. The topological polar surface area (TPSA) is 78.4 Å². The third-order valence-electron chi connectivity index (χ3n) is 4.24. The lowest BCUT2D eigenvalue weighted by atomic mass is 9.97. The molecule has 0 aliphatic carbocycles. The van der Waals surface area contributed by atoms with E-state index in [9.17, 15) is 4.79 Å². The molecular formula is C17H19BrN4O2. The Morgan fingerprint density at radius 2 is 2.08 bits per heavy atom. The Hall–Kier alpha value is -2.15. The minimum atomic E-state index is -0.704. The van der Waals surface area contributed by atoms with Crippen LogP contribution in [0.25, 0.3) is 0 Å². The molecule has 1 aromatic carbocycles. The monoisotopic (exact) mass is 390 g/mol. The summed E-state index contributed by atoms with van der Waals surface area (Å²) in [4.78, 5) is 22.0. The van der Waals surface area contributed by atoms with Gasteiger partial charge in [-0.2, -0.15) is 4.98 Å². The normalized spacial score (nSPS) is 15.3. The highest BCUT2D eigenvalue weighted by Crippen LogP contribution is 2.25. The van der Waals surface area contributed by atoms with Gasteiger partial charge < -0.3 is 15.3 Å². The lowest BCUT2D eigenvalue weighted by Crippen LogP contribution is -2.36. The van der Waals surface area contributed by atoms with Crippen molar-refractivity contribution in [2.24, 2.45) is 5.92 Å². The first-order chi connectivity index (χ1) is 11.5. The smallest absolute Gasteiger partial charge is 0.306 e. The first kappa shape index (κ1) is 16.7. The number of nitrogens with zero attached hydrogens (tertiary/aromatic N) is 3. The molecule has 2 heterocycles. The molecule has 0 radical (unpaired) electrons. The van der Waals surface area contributed by atoms with E-state index in [2.05, 4.69) is 36.1 Å². The molecule has 1 aliphatic rings. The van der Waals surface area contributed by atoms with E-state index in [1.54, 1.807) is 6.20 Å². The molecule has 2 aromatic rings. The van der Waals surface area contributed by atoms with Gasteiger partial charge in [-0.25, -0.2) is 4.98 Å². The van der Waals surface area contributed by atoms with Gasteiger partial charge in [0.25, 0.3) is 0 Å². The molecule has 7 heteroatoms. The van der Waals surface area contributed by atoms with Crippen LogP contribution < -0.4 is 10.2 Å². The van der Waals surface area contributed by atoms with E-state index >= 15 is 0 Å². The number of rotatable bonds is 4. The molecule has 1 fully saturated rings. The standard InChI is InChI=1S/C17H19BrN4O2/c1-11-2-3-13(10-14(11)18)20-17-19-7-4-15(21-17)22-8-5-12(6-9-22)16(23)24/h2-4,7,10,12H,5-6,8-9H2,1H3,(H,23,24)(H,19,20,21). The van der Waals surface area contributed by atoms with Crippen LogP contribution in [-0.4, -0.2) is 34.1 Å². The molecule has 1 aliphatic heterocycles. The number of carboxylic acids is 1. The van der Waals surface area contributed by atoms with E-state index in [1.807, 2.05) is 31.2 Å². The summed E-state index contributed by atoms with van der Waals surface area (Å²) in [5, 5.41) is 12.3. The Balaban J connectivity index is 1.70. The lowest BCUT2D eigenvalue weighted by molar-refractivity contribution is -0.142. The predicted octanol–water partition coefficient (Wildman–Crippen LogP) is 3.59. The van der Waals surface area contributed by atoms with Crippen LogP contribution in [0.2, 0.25) is 0 Å². The van der Waals surface area contributed by atoms with Gasteiger partial charge in [0.05, 0.1) is 5.92 Å². The van der Waals surface area contributed by atoms with Gasteiger partial charge in [-0.05, 0) is 43.5 Å². The van der Waals surface area contributed by atoms with Crippen molar-refractivity contribution in [1.29, 1.82) is 0 Å². The maximum atomic E-state index is 11.0. The number of halogens is 1. The zero-order chi connectivity index (χ0) is 17.1. The summed E-state index contributed by atoms with van der Waals surface area (Å²) in [6.07, 6.45) is 3.01. The third-order valence-corrected chi connectivity index (χ3v) is 5.09. The Labute approximate surface area is 149 Å². The fraction of sp³-hybridized carbons (Fsp3) is 0.353. The molecule has 0 spiro atoms. The van der Waals surface area contributed by atoms with E-state index in [1.165, 1.54) is 0 Å². The number of piperidine rings is 1. The van der Waals surface area contributed by atoms with Crippen LogP contribution in [0.15, 0.2) is 34.9 Å². The molecule has 0 saturated carbocycles. The van der Waals surface area contributed by atoms with Crippen molar-refractivity contribution in [2.75, 3.05) is 23.3 Å². The Bertz CT molecular complexity index is 745. The molecule has 2 N–H and O–H groups in total. The van der Waals surface area contributed by atoms with Crippen molar-refractivity contribution in [3.8, 4) is 0 Å². The first-order valence-corrected chi connectivity index (χ1v) is 8.66. The highest BCUT2D eigenvalue weighted by molar-refractivity contribution is 9.10. The van der Waals surface area contributed by atoms with Crippen molar-refractivity contribution in [3.05, 3.63) is 40.5 Å². The average Bonchev–Trinajstić information content (AvgIpc) is 2.58.